The fourth-order valence-electron chi connectivity index (χ4n) is 3.47. The normalized spacial score (nSPS) is 20.9. The van der Waals surface area contributed by atoms with E-state index in [9.17, 15) is 0 Å². The highest BCUT2D eigenvalue weighted by Gasteiger charge is 2.14. The first-order chi connectivity index (χ1) is 8.93. The van der Waals surface area contributed by atoms with Crippen LogP contribution in [0.3, 0.4) is 0 Å². The summed E-state index contributed by atoms with van der Waals surface area (Å²) in [6.45, 7) is 0. The fourth-order valence-corrected chi connectivity index (χ4v) is 3.47. The molecule has 3 rings (SSSR count). The van der Waals surface area contributed by atoms with E-state index in [4.69, 9.17) is 4.98 Å². The topological polar surface area (TPSA) is 12.9 Å². The molecule has 0 saturated heterocycles. The molecule has 1 aromatic heterocycles. The maximum absolute atomic E-state index is 5.06. The highest BCUT2D eigenvalue weighted by atomic mass is 14.7. The van der Waals surface area contributed by atoms with E-state index < -0.39 is 0 Å². The van der Waals surface area contributed by atoms with Gasteiger partial charge in [0.25, 0.3) is 0 Å². The van der Waals surface area contributed by atoms with Gasteiger partial charge in [0.1, 0.15) is 0 Å². The number of nitrogens with zero attached hydrogens (tertiary/aromatic N) is 1. The highest BCUT2D eigenvalue weighted by molar-refractivity contribution is 5.32. The van der Waals surface area contributed by atoms with Crippen LogP contribution in [0.2, 0.25) is 0 Å². The molecule has 0 unspecified atom stereocenters. The molecule has 0 bridgehead atoms. The molecule has 1 nitrogen and oxygen atoms in total. The molecule has 18 heavy (non-hydrogen) atoms. The molecule has 1 heterocycles. The average molecular weight is 243 g/mol. The van der Waals surface area contributed by atoms with Gasteiger partial charge in [-0.15, -0.1) is 0 Å². The molecule has 0 aliphatic heterocycles. The zero-order chi connectivity index (χ0) is 12.2. The lowest BCUT2D eigenvalue weighted by atomic mass is 9.91. The second-order valence-corrected chi connectivity index (χ2v) is 6.03. The summed E-state index contributed by atoms with van der Waals surface area (Å²) in [6.07, 6.45) is 16.1. The summed E-state index contributed by atoms with van der Waals surface area (Å²) in [5, 5.41) is 0. The molecule has 2 aliphatic rings. The van der Waals surface area contributed by atoms with Crippen LogP contribution in [-0.4, -0.2) is 4.98 Å². The predicted octanol–water partition coefficient (Wildman–Crippen LogP) is 4.40. The first kappa shape index (κ1) is 12.2. The van der Waals surface area contributed by atoms with Gasteiger partial charge in [0, 0.05) is 11.4 Å². The molecule has 1 aromatic rings. The Balaban J connectivity index is 1.92. The number of hydrogen-bond donors (Lipinski definition) is 0. The summed E-state index contributed by atoms with van der Waals surface area (Å²) < 4.78 is 0. The second kappa shape index (κ2) is 5.86. The molecule has 0 fully saturated rings. The van der Waals surface area contributed by atoms with Crippen molar-refractivity contribution in [2.24, 2.45) is 0 Å². The largest absolute Gasteiger partial charge is 0.257 e. The molecular weight excluding hydrogens is 218 g/mol. The second-order valence-electron chi connectivity index (χ2n) is 6.03. The van der Waals surface area contributed by atoms with Gasteiger partial charge in [0.2, 0.25) is 0 Å². The van der Waals surface area contributed by atoms with Gasteiger partial charge in [0.15, 0.2) is 0 Å². The predicted molar refractivity (Wildman–Crippen MR) is 76.0 cm³/mol. The van der Waals surface area contributed by atoms with Gasteiger partial charge in [-0.3, -0.25) is 4.98 Å². The van der Waals surface area contributed by atoms with Gasteiger partial charge in [-0.05, 0) is 62.5 Å². The number of rotatable bonds is 0. The number of hydrogen-bond acceptors (Lipinski definition) is 1. The lowest BCUT2D eigenvalue weighted by Crippen LogP contribution is -2.10. The molecule has 0 N–H and O–H groups in total. The average Bonchev–Trinajstić information content (AvgIpc) is 2.32. The Kier molecular flexibility index (Phi) is 3.97. The maximum atomic E-state index is 5.06. The van der Waals surface area contributed by atoms with E-state index in [2.05, 4.69) is 6.07 Å². The summed E-state index contributed by atoms with van der Waals surface area (Å²) in [6, 6.07) is 2.52. The number of pyridine rings is 1. The van der Waals surface area contributed by atoms with Crippen LogP contribution in [-0.2, 0) is 25.7 Å². The van der Waals surface area contributed by atoms with Gasteiger partial charge in [-0.2, -0.15) is 0 Å². The van der Waals surface area contributed by atoms with Crippen LogP contribution in [0.1, 0.15) is 73.9 Å². The molecule has 0 aromatic carbocycles. The minimum Gasteiger partial charge on any atom is -0.257 e. The van der Waals surface area contributed by atoms with Crippen LogP contribution in [0, 0.1) is 0 Å². The van der Waals surface area contributed by atoms with Crippen molar-refractivity contribution < 1.29 is 0 Å². The summed E-state index contributed by atoms with van der Waals surface area (Å²) in [7, 11) is 0. The smallest absolute Gasteiger partial charge is 0.0439 e. The third-order valence-corrected chi connectivity index (χ3v) is 4.58. The molecule has 0 atom stereocenters. The van der Waals surface area contributed by atoms with E-state index in [0.717, 1.165) is 0 Å². The molecule has 0 spiro atoms. The zero-order valence-electron chi connectivity index (χ0n) is 11.5. The van der Waals surface area contributed by atoms with Gasteiger partial charge >= 0.3 is 0 Å². The fraction of sp³-hybridized carbons (Fsp3) is 0.706. The molecule has 0 amide bonds. The van der Waals surface area contributed by atoms with Gasteiger partial charge in [0.05, 0.1) is 0 Å². The van der Waals surface area contributed by atoms with Crippen molar-refractivity contribution in [1.82, 2.24) is 4.98 Å². The van der Waals surface area contributed by atoms with Crippen molar-refractivity contribution in [2.45, 2.75) is 77.0 Å². The third kappa shape index (κ3) is 2.76. The Morgan fingerprint density at radius 1 is 0.556 bits per heavy atom. The SMILES string of the molecule is c1c2c(nc3c1CCCCCC3)CCCCCC2. The van der Waals surface area contributed by atoms with Crippen LogP contribution in [0.4, 0.5) is 0 Å². The molecule has 2 aliphatic carbocycles. The van der Waals surface area contributed by atoms with Crippen LogP contribution >= 0.6 is 0 Å². The first-order valence-corrected chi connectivity index (χ1v) is 7.94. The number of fused-ring (bicyclic) bond motifs is 2. The van der Waals surface area contributed by atoms with Gasteiger partial charge in [-0.25, -0.2) is 0 Å². The monoisotopic (exact) mass is 243 g/mol. The lowest BCUT2D eigenvalue weighted by molar-refractivity contribution is 0.587. The molecule has 1 heteroatoms. The molecule has 98 valence electrons. The number of aromatic nitrogens is 1. The standard InChI is InChI=1S/C17H25N/c1-3-7-11-16-14(9-5-1)13-15-10-6-2-4-8-12-17(15)18-16/h13H,1-12H2. The van der Waals surface area contributed by atoms with E-state index in [1.165, 1.54) is 88.4 Å². The minimum absolute atomic E-state index is 1.22. The summed E-state index contributed by atoms with van der Waals surface area (Å²) in [4.78, 5) is 5.06. The summed E-state index contributed by atoms with van der Waals surface area (Å²) in [5.41, 5.74) is 6.03. The van der Waals surface area contributed by atoms with E-state index in [1.54, 1.807) is 11.1 Å². The Morgan fingerprint density at radius 3 is 1.50 bits per heavy atom. The Morgan fingerprint density at radius 2 is 1.00 bits per heavy atom. The van der Waals surface area contributed by atoms with Crippen molar-refractivity contribution in [3.8, 4) is 0 Å². The minimum atomic E-state index is 1.22. The zero-order valence-corrected chi connectivity index (χ0v) is 11.5. The van der Waals surface area contributed by atoms with E-state index in [1.807, 2.05) is 0 Å². The van der Waals surface area contributed by atoms with Crippen molar-refractivity contribution >= 4 is 0 Å². The van der Waals surface area contributed by atoms with Crippen LogP contribution < -0.4 is 0 Å². The Labute approximate surface area is 111 Å². The third-order valence-electron chi connectivity index (χ3n) is 4.58. The molecule has 0 radical (unpaired) electrons. The molecular formula is C17H25N. The Bertz CT molecular complexity index is 334. The van der Waals surface area contributed by atoms with E-state index >= 15 is 0 Å². The van der Waals surface area contributed by atoms with Crippen molar-refractivity contribution in [2.75, 3.05) is 0 Å². The van der Waals surface area contributed by atoms with Gasteiger partial charge in [-0.1, -0.05) is 31.7 Å². The number of aryl methyl sites for hydroxylation is 4. The van der Waals surface area contributed by atoms with Crippen molar-refractivity contribution in [3.05, 3.63) is 28.6 Å². The Hall–Kier alpha value is -0.850. The molecule has 0 saturated carbocycles. The van der Waals surface area contributed by atoms with Crippen LogP contribution in [0.5, 0.6) is 0 Å². The first-order valence-electron chi connectivity index (χ1n) is 7.94. The quantitative estimate of drug-likeness (QED) is 0.658. The van der Waals surface area contributed by atoms with Crippen LogP contribution in [0.25, 0.3) is 0 Å². The maximum Gasteiger partial charge on any atom is 0.0439 e. The lowest BCUT2D eigenvalue weighted by Gasteiger charge is -2.19. The van der Waals surface area contributed by atoms with Crippen LogP contribution in [0.15, 0.2) is 6.07 Å². The van der Waals surface area contributed by atoms with Crippen molar-refractivity contribution in [3.63, 3.8) is 0 Å². The summed E-state index contributed by atoms with van der Waals surface area (Å²) in [5.74, 6) is 0. The highest BCUT2D eigenvalue weighted by Crippen LogP contribution is 2.25. The van der Waals surface area contributed by atoms with E-state index in [-0.39, 0.29) is 0 Å². The van der Waals surface area contributed by atoms with Gasteiger partial charge < -0.3 is 0 Å². The summed E-state index contributed by atoms with van der Waals surface area (Å²) >= 11 is 0. The van der Waals surface area contributed by atoms with E-state index in [0.29, 0.717) is 0 Å². The van der Waals surface area contributed by atoms with Crippen molar-refractivity contribution in [1.29, 1.82) is 0 Å².